The number of aromatic carboxylic acids is 1. The molecule has 0 saturated heterocycles. The van der Waals surface area contributed by atoms with E-state index in [1.807, 2.05) is 37.3 Å². The number of carboxylic acid groups (broad SMARTS) is 1. The monoisotopic (exact) mass is 263 g/mol. The van der Waals surface area contributed by atoms with E-state index >= 15 is 0 Å². The lowest BCUT2D eigenvalue weighted by Gasteiger charge is -1.97. The molecule has 0 aliphatic rings. The second kappa shape index (κ2) is 5.75. The molecule has 0 radical (unpaired) electrons. The van der Waals surface area contributed by atoms with Crippen LogP contribution in [0, 0.1) is 0 Å². The van der Waals surface area contributed by atoms with Crippen molar-refractivity contribution in [3.05, 3.63) is 41.0 Å². The Hall–Kier alpha value is -1.72. The molecule has 0 aliphatic carbocycles. The lowest BCUT2D eigenvalue weighted by Crippen LogP contribution is -1.99. The molecule has 1 aromatic heterocycles. The maximum absolute atomic E-state index is 11.2. The van der Waals surface area contributed by atoms with E-state index in [4.69, 9.17) is 9.84 Å². The van der Waals surface area contributed by atoms with E-state index in [1.54, 1.807) is 0 Å². The quantitative estimate of drug-likeness (QED) is 0.900. The molecule has 0 spiro atoms. The van der Waals surface area contributed by atoms with Gasteiger partial charge in [0.25, 0.3) is 0 Å². The van der Waals surface area contributed by atoms with Gasteiger partial charge in [0, 0.05) is 6.61 Å². The van der Waals surface area contributed by atoms with Crippen LogP contribution in [0.2, 0.25) is 0 Å². The summed E-state index contributed by atoms with van der Waals surface area (Å²) in [6, 6.07) is 9.41. The molecule has 0 bridgehead atoms. The molecular weight excluding hydrogens is 250 g/mol. The topological polar surface area (TPSA) is 59.4 Å². The molecule has 94 valence electrons. The molecule has 1 N–H and O–H groups in total. The highest BCUT2D eigenvalue weighted by Crippen LogP contribution is 2.30. The summed E-state index contributed by atoms with van der Waals surface area (Å²) < 4.78 is 5.26. The number of nitrogens with zero attached hydrogens (tertiary/aromatic N) is 1. The van der Waals surface area contributed by atoms with Crippen molar-refractivity contribution in [1.82, 2.24) is 4.98 Å². The van der Waals surface area contributed by atoms with Gasteiger partial charge in [-0.3, -0.25) is 0 Å². The fraction of sp³-hybridized carbons (Fsp3) is 0.231. The van der Waals surface area contributed by atoms with Gasteiger partial charge in [-0.05, 0) is 12.5 Å². The van der Waals surface area contributed by atoms with Crippen molar-refractivity contribution in [3.8, 4) is 10.4 Å². The van der Waals surface area contributed by atoms with E-state index in [0.717, 1.165) is 5.56 Å². The second-order valence-corrected chi connectivity index (χ2v) is 4.68. The van der Waals surface area contributed by atoms with Crippen LogP contribution < -0.4 is 0 Å². The Bertz CT molecular complexity index is 536. The Morgan fingerprint density at radius 3 is 2.72 bits per heavy atom. The highest BCUT2D eigenvalue weighted by Gasteiger charge is 2.18. The zero-order valence-corrected chi connectivity index (χ0v) is 10.7. The molecule has 1 aromatic carbocycles. The molecule has 5 heteroatoms. The maximum Gasteiger partial charge on any atom is 0.356 e. The predicted molar refractivity (Wildman–Crippen MR) is 69.8 cm³/mol. The summed E-state index contributed by atoms with van der Waals surface area (Å²) in [4.78, 5) is 16.0. The van der Waals surface area contributed by atoms with Crippen molar-refractivity contribution < 1.29 is 14.6 Å². The molecule has 0 atom stereocenters. The van der Waals surface area contributed by atoms with E-state index in [-0.39, 0.29) is 5.69 Å². The average Bonchev–Trinajstić information content (AvgIpc) is 2.82. The summed E-state index contributed by atoms with van der Waals surface area (Å²) in [6.45, 7) is 2.83. The summed E-state index contributed by atoms with van der Waals surface area (Å²) in [5.74, 6) is -1.01. The van der Waals surface area contributed by atoms with Crippen LogP contribution >= 0.6 is 11.3 Å². The van der Waals surface area contributed by atoms with Gasteiger partial charge >= 0.3 is 5.97 Å². The van der Waals surface area contributed by atoms with Gasteiger partial charge in [0.15, 0.2) is 5.69 Å². The van der Waals surface area contributed by atoms with Crippen LogP contribution in [-0.2, 0) is 11.3 Å². The maximum atomic E-state index is 11.2. The number of thiazole rings is 1. The van der Waals surface area contributed by atoms with E-state index in [0.29, 0.717) is 23.1 Å². The Balaban J connectivity index is 2.39. The second-order valence-electron chi connectivity index (χ2n) is 3.59. The number of carboxylic acids is 1. The summed E-state index contributed by atoms with van der Waals surface area (Å²) in [5.41, 5.74) is 0.969. The first-order valence-electron chi connectivity index (χ1n) is 5.58. The summed E-state index contributed by atoms with van der Waals surface area (Å²) in [7, 11) is 0. The summed E-state index contributed by atoms with van der Waals surface area (Å²) in [5, 5.41) is 9.86. The van der Waals surface area contributed by atoms with Gasteiger partial charge in [-0.25, -0.2) is 9.78 Å². The molecule has 0 unspecified atom stereocenters. The third-order valence-corrected chi connectivity index (χ3v) is 3.42. The normalized spacial score (nSPS) is 10.5. The molecule has 1 heterocycles. The Labute approximate surface area is 109 Å². The number of hydrogen-bond acceptors (Lipinski definition) is 4. The summed E-state index contributed by atoms with van der Waals surface area (Å²) in [6.07, 6.45) is 0. The highest BCUT2D eigenvalue weighted by atomic mass is 32.1. The number of carbonyl (C=O) groups is 1. The number of hydrogen-bond donors (Lipinski definition) is 1. The smallest absolute Gasteiger partial charge is 0.356 e. The standard InChI is InChI=1S/C13H13NO3S/c1-2-17-8-10-14-11(13(15)16)12(18-10)9-6-4-3-5-7-9/h3-7H,2,8H2,1H3,(H,15,16). The van der Waals surface area contributed by atoms with Gasteiger partial charge in [-0.1, -0.05) is 30.3 Å². The van der Waals surface area contributed by atoms with Crippen LogP contribution in [-0.4, -0.2) is 22.7 Å². The van der Waals surface area contributed by atoms with Crippen LogP contribution in [0.15, 0.2) is 30.3 Å². The minimum Gasteiger partial charge on any atom is -0.476 e. The summed E-state index contributed by atoms with van der Waals surface area (Å²) >= 11 is 1.36. The van der Waals surface area contributed by atoms with E-state index in [1.165, 1.54) is 11.3 Å². The molecule has 2 aromatic rings. The Morgan fingerprint density at radius 2 is 2.11 bits per heavy atom. The lowest BCUT2D eigenvalue weighted by atomic mass is 10.1. The number of ether oxygens (including phenoxy) is 1. The van der Waals surface area contributed by atoms with Gasteiger partial charge in [0.05, 0.1) is 11.5 Å². The van der Waals surface area contributed by atoms with Crippen molar-refractivity contribution in [1.29, 1.82) is 0 Å². The first-order valence-corrected chi connectivity index (χ1v) is 6.40. The fourth-order valence-corrected chi connectivity index (χ4v) is 2.54. The van der Waals surface area contributed by atoms with E-state index < -0.39 is 5.97 Å². The van der Waals surface area contributed by atoms with Crippen molar-refractivity contribution >= 4 is 17.3 Å². The van der Waals surface area contributed by atoms with Gasteiger partial charge in [-0.15, -0.1) is 11.3 Å². The van der Waals surface area contributed by atoms with Crippen molar-refractivity contribution in [2.45, 2.75) is 13.5 Å². The number of benzene rings is 1. The molecule has 0 fully saturated rings. The van der Waals surface area contributed by atoms with Crippen molar-refractivity contribution in [3.63, 3.8) is 0 Å². The van der Waals surface area contributed by atoms with Gasteiger partial charge < -0.3 is 9.84 Å². The van der Waals surface area contributed by atoms with Crippen LogP contribution in [0.3, 0.4) is 0 Å². The average molecular weight is 263 g/mol. The van der Waals surface area contributed by atoms with Crippen LogP contribution in [0.1, 0.15) is 22.4 Å². The molecule has 0 saturated carbocycles. The molecule has 2 rings (SSSR count). The Kier molecular flexibility index (Phi) is 4.07. The predicted octanol–water partition coefficient (Wildman–Crippen LogP) is 3.04. The molecule has 0 aliphatic heterocycles. The third kappa shape index (κ3) is 2.75. The van der Waals surface area contributed by atoms with E-state index in [2.05, 4.69) is 4.98 Å². The Morgan fingerprint density at radius 1 is 1.39 bits per heavy atom. The fourth-order valence-electron chi connectivity index (χ4n) is 1.55. The van der Waals surface area contributed by atoms with Crippen molar-refractivity contribution in [2.24, 2.45) is 0 Å². The third-order valence-electron chi connectivity index (χ3n) is 2.34. The molecule has 0 amide bonds. The minimum atomic E-state index is -1.01. The first-order chi connectivity index (χ1) is 8.72. The van der Waals surface area contributed by atoms with E-state index in [9.17, 15) is 4.79 Å². The number of rotatable bonds is 5. The number of aromatic nitrogens is 1. The van der Waals surface area contributed by atoms with Gasteiger partial charge in [0.1, 0.15) is 5.01 Å². The first kappa shape index (κ1) is 12.7. The molecule has 18 heavy (non-hydrogen) atoms. The molecule has 4 nitrogen and oxygen atoms in total. The minimum absolute atomic E-state index is 0.0981. The van der Waals surface area contributed by atoms with Crippen molar-refractivity contribution in [2.75, 3.05) is 6.61 Å². The van der Waals surface area contributed by atoms with Gasteiger partial charge in [0.2, 0.25) is 0 Å². The van der Waals surface area contributed by atoms with Crippen LogP contribution in [0.4, 0.5) is 0 Å². The molecular formula is C13H13NO3S. The van der Waals surface area contributed by atoms with Crippen LogP contribution in [0.25, 0.3) is 10.4 Å². The zero-order valence-electron chi connectivity index (χ0n) is 9.92. The lowest BCUT2D eigenvalue weighted by molar-refractivity contribution is 0.0691. The SMILES string of the molecule is CCOCc1nc(C(=O)O)c(-c2ccccc2)s1. The van der Waals surface area contributed by atoms with Crippen LogP contribution in [0.5, 0.6) is 0 Å². The largest absolute Gasteiger partial charge is 0.476 e. The highest BCUT2D eigenvalue weighted by molar-refractivity contribution is 7.15. The van der Waals surface area contributed by atoms with Gasteiger partial charge in [-0.2, -0.15) is 0 Å². The zero-order chi connectivity index (χ0) is 13.0.